The maximum Gasteiger partial charge on any atom is 0.223 e. The van der Waals surface area contributed by atoms with Crippen LogP contribution in [0.25, 0.3) is 0 Å². The van der Waals surface area contributed by atoms with Gasteiger partial charge in [0.15, 0.2) is 0 Å². The van der Waals surface area contributed by atoms with Crippen LogP contribution >= 0.6 is 0 Å². The second-order valence-corrected chi connectivity index (χ2v) is 12.0. The molecule has 1 aromatic rings. The molecule has 5 heteroatoms. The fourth-order valence-corrected chi connectivity index (χ4v) is 3.43. The first-order chi connectivity index (χ1) is 10.6. The molecule has 1 heterocycles. The largest absolute Gasteiger partial charge is 0.497 e. The summed E-state index contributed by atoms with van der Waals surface area (Å²) in [5, 5.41) is 1.67. The van der Waals surface area contributed by atoms with Crippen LogP contribution < -0.4 is 4.74 Å². The van der Waals surface area contributed by atoms with E-state index in [1.165, 1.54) is 5.56 Å². The Hall–Kier alpha value is -1.30. The minimum absolute atomic E-state index is 0.242. The van der Waals surface area contributed by atoms with Crippen molar-refractivity contribution in [1.82, 2.24) is 5.23 Å². The fourth-order valence-electron chi connectivity index (χ4n) is 2.79. The number of hydrogen-bond donors (Lipinski definition) is 0. The van der Waals surface area contributed by atoms with Gasteiger partial charge in [-0.3, -0.25) is 4.53 Å². The summed E-state index contributed by atoms with van der Waals surface area (Å²) in [5.41, 5.74) is 2.04. The molecule has 0 unspecified atom stereocenters. The van der Waals surface area contributed by atoms with E-state index in [0.717, 1.165) is 17.9 Å². The molecule has 1 aliphatic heterocycles. The first-order valence-corrected chi connectivity index (χ1v) is 11.5. The third-order valence-electron chi connectivity index (χ3n) is 3.76. The molecule has 1 aliphatic rings. The van der Waals surface area contributed by atoms with E-state index in [0.29, 0.717) is 0 Å². The smallest absolute Gasteiger partial charge is 0.223 e. The van der Waals surface area contributed by atoms with Crippen LogP contribution in [0.15, 0.2) is 36.0 Å². The normalized spacial score (nSPS) is 23.2. The van der Waals surface area contributed by atoms with Gasteiger partial charge in [-0.2, -0.15) is 0 Å². The van der Waals surface area contributed by atoms with Crippen molar-refractivity contribution in [2.24, 2.45) is 0 Å². The highest BCUT2D eigenvalue weighted by atomic mass is 28.4. The van der Waals surface area contributed by atoms with Crippen molar-refractivity contribution in [2.45, 2.75) is 58.4 Å². The van der Waals surface area contributed by atoms with Crippen molar-refractivity contribution in [1.29, 1.82) is 0 Å². The predicted octanol–water partition coefficient (Wildman–Crippen LogP) is 4.87. The summed E-state index contributed by atoms with van der Waals surface area (Å²) in [7, 11) is -0.0824. The summed E-state index contributed by atoms with van der Waals surface area (Å²) in [6.07, 6.45) is 2.99. The minimum atomic E-state index is -1.77. The SMILES string of the molecule is C/C=C1\[C@H](c2ccc(OC)cc2)CC(C)(C)ON1O[Si](C)(C)C. The maximum absolute atomic E-state index is 6.17. The van der Waals surface area contributed by atoms with E-state index in [1.54, 1.807) is 12.3 Å². The quantitative estimate of drug-likeness (QED) is 0.735. The highest BCUT2D eigenvalue weighted by Gasteiger charge is 2.40. The summed E-state index contributed by atoms with van der Waals surface area (Å²) in [6.45, 7) is 12.7. The number of rotatable bonds is 4. The van der Waals surface area contributed by atoms with E-state index >= 15 is 0 Å². The van der Waals surface area contributed by atoms with Crippen molar-refractivity contribution in [3.63, 3.8) is 0 Å². The molecule has 1 fully saturated rings. The topological polar surface area (TPSA) is 30.9 Å². The zero-order valence-corrected chi connectivity index (χ0v) is 16.3. The van der Waals surface area contributed by atoms with Crippen LogP contribution in [0.2, 0.25) is 19.6 Å². The first kappa shape index (κ1) is 18.0. The summed E-state index contributed by atoms with van der Waals surface area (Å²) >= 11 is 0. The van der Waals surface area contributed by atoms with E-state index in [4.69, 9.17) is 14.1 Å². The van der Waals surface area contributed by atoms with Gasteiger partial charge in [0.2, 0.25) is 8.32 Å². The summed E-state index contributed by atoms with van der Waals surface area (Å²) in [4.78, 5) is 6.10. The van der Waals surface area contributed by atoms with Crippen LogP contribution in [-0.2, 0) is 9.36 Å². The van der Waals surface area contributed by atoms with Crippen LogP contribution in [0.3, 0.4) is 0 Å². The predicted molar refractivity (Wildman–Crippen MR) is 95.5 cm³/mol. The molecule has 0 bridgehead atoms. The first-order valence-electron chi connectivity index (χ1n) is 8.14. The van der Waals surface area contributed by atoms with E-state index in [-0.39, 0.29) is 11.5 Å². The molecule has 23 heavy (non-hydrogen) atoms. The zero-order valence-electron chi connectivity index (χ0n) is 15.3. The second kappa shape index (κ2) is 6.67. The summed E-state index contributed by atoms with van der Waals surface area (Å²) in [5.74, 6) is 1.11. The van der Waals surface area contributed by atoms with Crippen LogP contribution in [0.5, 0.6) is 5.75 Å². The highest BCUT2D eigenvalue weighted by Crippen LogP contribution is 2.42. The Morgan fingerprint density at radius 2 is 1.83 bits per heavy atom. The number of ether oxygens (including phenoxy) is 1. The Kier molecular flexibility index (Phi) is 5.23. The summed E-state index contributed by atoms with van der Waals surface area (Å²) in [6, 6.07) is 8.27. The summed E-state index contributed by atoms with van der Waals surface area (Å²) < 4.78 is 11.4. The number of hydrogen-bond acceptors (Lipinski definition) is 4. The average molecular weight is 336 g/mol. The highest BCUT2D eigenvalue weighted by molar-refractivity contribution is 6.69. The van der Waals surface area contributed by atoms with Gasteiger partial charge in [0, 0.05) is 5.92 Å². The van der Waals surface area contributed by atoms with E-state index < -0.39 is 8.32 Å². The number of allylic oxidation sites excluding steroid dienone is 2. The van der Waals surface area contributed by atoms with E-state index in [2.05, 4.69) is 51.7 Å². The van der Waals surface area contributed by atoms with Crippen molar-refractivity contribution in [3.8, 4) is 5.75 Å². The van der Waals surface area contributed by atoms with Crippen LogP contribution in [0.4, 0.5) is 0 Å². The Balaban J connectivity index is 2.35. The van der Waals surface area contributed by atoms with Gasteiger partial charge >= 0.3 is 0 Å². The van der Waals surface area contributed by atoms with Crippen LogP contribution in [-0.4, -0.2) is 26.3 Å². The number of hydroxylamine groups is 2. The molecule has 128 valence electrons. The third kappa shape index (κ3) is 4.59. The molecular formula is C18H29NO3Si. The Labute approximate surface area is 141 Å². The minimum Gasteiger partial charge on any atom is -0.497 e. The molecule has 0 N–H and O–H groups in total. The molecule has 1 saturated heterocycles. The molecule has 0 aromatic heterocycles. The Bertz CT molecular complexity index is 559. The zero-order chi connectivity index (χ0) is 17.3. The lowest BCUT2D eigenvalue weighted by Crippen LogP contribution is -2.48. The van der Waals surface area contributed by atoms with E-state index in [9.17, 15) is 0 Å². The third-order valence-corrected chi connectivity index (χ3v) is 4.48. The van der Waals surface area contributed by atoms with Crippen molar-refractivity contribution in [3.05, 3.63) is 41.6 Å². The van der Waals surface area contributed by atoms with Gasteiger partial charge in [-0.1, -0.05) is 18.2 Å². The molecule has 0 saturated carbocycles. The maximum atomic E-state index is 6.17. The lowest BCUT2D eigenvalue weighted by atomic mass is 9.84. The molecule has 2 rings (SSSR count). The Morgan fingerprint density at radius 1 is 1.22 bits per heavy atom. The van der Waals surface area contributed by atoms with Gasteiger partial charge < -0.3 is 4.74 Å². The van der Waals surface area contributed by atoms with Gasteiger partial charge in [0.05, 0.1) is 18.4 Å². The molecule has 1 aromatic carbocycles. The van der Waals surface area contributed by atoms with Gasteiger partial charge in [-0.15, -0.1) is 5.23 Å². The molecule has 0 amide bonds. The standard InChI is InChI=1S/C18H29NO3Si/c1-8-17-16(14-9-11-15(20-4)12-10-14)13-18(2,3)21-19(17)22-23(5,6)7/h8-12,16H,13H2,1-7H3/b17-8+/t16-/m0/s1. The van der Waals surface area contributed by atoms with Crippen LogP contribution in [0, 0.1) is 0 Å². The molecule has 0 spiro atoms. The number of nitrogens with zero attached hydrogens (tertiary/aromatic N) is 1. The molecule has 0 aliphatic carbocycles. The van der Waals surface area contributed by atoms with Gasteiger partial charge in [0.1, 0.15) is 5.75 Å². The fraction of sp³-hybridized carbons (Fsp3) is 0.556. The molecule has 0 radical (unpaired) electrons. The number of benzene rings is 1. The van der Waals surface area contributed by atoms with Gasteiger partial charge in [-0.25, -0.2) is 4.84 Å². The molecule has 1 atom stereocenters. The monoisotopic (exact) mass is 335 g/mol. The molecule has 4 nitrogen and oxygen atoms in total. The molecular weight excluding hydrogens is 306 g/mol. The van der Waals surface area contributed by atoms with Gasteiger partial charge in [0.25, 0.3) is 0 Å². The van der Waals surface area contributed by atoms with E-state index in [1.807, 2.05) is 19.1 Å². The Morgan fingerprint density at radius 3 is 2.30 bits per heavy atom. The average Bonchev–Trinajstić information content (AvgIpc) is 2.44. The lowest BCUT2D eigenvalue weighted by molar-refractivity contribution is -0.364. The van der Waals surface area contributed by atoms with Crippen molar-refractivity contribution < 1.29 is 14.1 Å². The number of methoxy groups -OCH3 is 1. The second-order valence-electron chi connectivity index (χ2n) is 7.56. The van der Waals surface area contributed by atoms with Crippen molar-refractivity contribution in [2.75, 3.05) is 7.11 Å². The van der Waals surface area contributed by atoms with Crippen LogP contribution in [0.1, 0.15) is 38.7 Å². The van der Waals surface area contributed by atoms with Gasteiger partial charge in [-0.05, 0) is 64.5 Å². The lowest BCUT2D eigenvalue weighted by Gasteiger charge is -2.45. The van der Waals surface area contributed by atoms with Crippen molar-refractivity contribution >= 4 is 8.32 Å².